The summed E-state index contributed by atoms with van der Waals surface area (Å²) in [5.41, 5.74) is 0.283. The minimum absolute atomic E-state index is 0.0659. The number of alkyl halides is 3. The summed E-state index contributed by atoms with van der Waals surface area (Å²) >= 11 is 0. The van der Waals surface area contributed by atoms with Gasteiger partial charge >= 0.3 is 6.18 Å². The minimum Gasteiger partial charge on any atom is -0.481 e. The zero-order valence-electron chi connectivity index (χ0n) is 11.3. The topological polar surface area (TPSA) is 52.4 Å². The maximum atomic E-state index is 13.1. The van der Waals surface area contributed by atoms with Crippen LogP contribution in [0.4, 0.5) is 18.9 Å². The molecule has 116 valence electrons. The van der Waals surface area contributed by atoms with Gasteiger partial charge in [0.2, 0.25) is 0 Å². The number of nitro benzene ring substituents is 1. The average molecular weight is 311 g/mol. The molecule has 0 spiro atoms. The number of non-ortho nitro benzene ring substituents is 1. The van der Waals surface area contributed by atoms with E-state index in [1.807, 2.05) is 0 Å². The Hall–Kier alpha value is -2.57. The molecule has 0 aromatic heterocycles. The highest BCUT2D eigenvalue weighted by atomic mass is 19.4. The van der Waals surface area contributed by atoms with Gasteiger partial charge in [-0.15, -0.1) is 0 Å². The van der Waals surface area contributed by atoms with Crippen LogP contribution in [0, 0.1) is 10.1 Å². The molecule has 0 N–H and O–H groups in total. The molecule has 2 aromatic rings. The Morgan fingerprint density at radius 2 is 1.64 bits per heavy atom. The third kappa shape index (κ3) is 4.21. The predicted molar refractivity (Wildman–Crippen MR) is 73.7 cm³/mol. The van der Waals surface area contributed by atoms with Gasteiger partial charge in [0.1, 0.15) is 5.75 Å². The van der Waals surface area contributed by atoms with Crippen molar-refractivity contribution in [2.75, 3.05) is 0 Å². The van der Waals surface area contributed by atoms with Crippen LogP contribution in [0.1, 0.15) is 5.56 Å². The van der Waals surface area contributed by atoms with Crippen LogP contribution in [0.15, 0.2) is 54.6 Å². The largest absolute Gasteiger partial charge is 0.481 e. The van der Waals surface area contributed by atoms with Crippen molar-refractivity contribution in [3.05, 3.63) is 70.3 Å². The number of nitro groups is 1. The Morgan fingerprint density at radius 1 is 1.05 bits per heavy atom. The SMILES string of the molecule is O=[N+]([O-])c1ccc(OC(Cc2ccccc2)C(F)(F)F)cc1. The molecule has 2 rings (SSSR count). The molecule has 0 fully saturated rings. The van der Waals surface area contributed by atoms with E-state index in [1.165, 1.54) is 0 Å². The second kappa shape index (κ2) is 6.46. The fourth-order valence-corrected chi connectivity index (χ4v) is 1.86. The molecule has 0 saturated carbocycles. The summed E-state index contributed by atoms with van der Waals surface area (Å²) in [6.45, 7) is 0. The summed E-state index contributed by atoms with van der Waals surface area (Å²) in [6.07, 6.45) is -6.89. The number of benzene rings is 2. The molecule has 0 saturated heterocycles. The zero-order chi connectivity index (χ0) is 16.2. The predicted octanol–water partition coefficient (Wildman–Crippen LogP) is 4.15. The quantitative estimate of drug-likeness (QED) is 0.616. The molecule has 2 aromatic carbocycles. The molecule has 1 unspecified atom stereocenters. The smallest absolute Gasteiger partial charge is 0.425 e. The van der Waals surface area contributed by atoms with Gasteiger partial charge in [-0.2, -0.15) is 13.2 Å². The Bertz CT molecular complexity index is 627. The van der Waals surface area contributed by atoms with Crippen molar-refractivity contribution >= 4 is 5.69 Å². The fraction of sp³-hybridized carbons (Fsp3) is 0.200. The average Bonchev–Trinajstić information content (AvgIpc) is 2.47. The van der Waals surface area contributed by atoms with E-state index < -0.39 is 17.2 Å². The Balaban J connectivity index is 2.15. The molecular weight excluding hydrogens is 299 g/mol. The van der Waals surface area contributed by atoms with Crippen molar-refractivity contribution in [1.82, 2.24) is 0 Å². The van der Waals surface area contributed by atoms with Crippen LogP contribution in [0.5, 0.6) is 5.75 Å². The lowest BCUT2D eigenvalue weighted by Crippen LogP contribution is -2.36. The van der Waals surface area contributed by atoms with Crippen molar-refractivity contribution in [3.63, 3.8) is 0 Å². The Kier molecular flexibility index (Phi) is 4.65. The van der Waals surface area contributed by atoms with Crippen LogP contribution in [-0.4, -0.2) is 17.2 Å². The zero-order valence-corrected chi connectivity index (χ0v) is 11.3. The van der Waals surface area contributed by atoms with Gasteiger partial charge in [0.05, 0.1) is 4.92 Å². The molecule has 0 heterocycles. The molecule has 1 atom stereocenters. The van der Waals surface area contributed by atoms with Gasteiger partial charge in [0.25, 0.3) is 5.69 Å². The van der Waals surface area contributed by atoms with E-state index in [4.69, 9.17) is 4.74 Å². The molecule has 0 aliphatic heterocycles. The van der Waals surface area contributed by atoms with Crippen molar-refractivity contribution < 1.29 is 22.8 Å². The second-order valence-corrected chi connectivity index (χ2v) is 4.59. The highest BCUT2D eigenvalue weighted by Crippen LogP contribution is 2.28. The summed E-state index contributed by atoms with van der Waals surface area (Å²) in [5.74, 6) is -0.0659. The monoisotopic (exact) mass is 311 g/mol. The Morgan fingerprint density at radius 3 is 2.14 bits per heavy atom. The number of ether oxygens (including phenoxy) is 1. The third-order valence-electron chi connectivity index (χ3n) is 2.95. The van der Waals surface area contributed by atoms with Crippen molar-refractivity contribution in [2.24, 2.45) is 0 Å². The summed E-state index contributed by atoms with van der Waals surface area (Å²) < 4.78 is 44.2. The molecular formula is C15H12F3NO3. The number of hydrogen-bond acceptors (Lipinski definition) is 3. The number of hydrogen-bond donors (Lipinski definition) is 0. The van der Waals surface area contributed by atoms with Gasteiger partial charge in [-0.3, -0.25) is 10.1 Å². The minimum atomic E-state index is -4.54. The highest BCUT2D eigenvalue weighted by Gasteiger charge is 2.41. The maximum absolute atomic E-state index is 13.1. The van der Waals surface area contributed by atoms with E-state index in [9.17, 15) is 23.3 Å². The first-order valence-corrected chi connectivity index (χ1v) is 6.38. The van der Waals surface area contributed by atoms with Crippen molar-refractivity contribution in [1.29, 1.82) is 0 Å². The van der Waals surface area contributed by atoms with Crippen LogP contribution >= 0.6 is 0 Å². The number of rotatable bonds is 5. The lowest BCUT2D eigenvalue weighted by atomic mass is 10.1. The summed E-state index contributed by atoms with van der Waals surface area (Å²) in [6, 6.07) is 12.7. The number of nitrogens with zero attached hydrogens (tertiary/aromatic N) is 1. The molecule has 0 bridgehead atoms. The summed E-state index contributed by atoms with van der Waals surface area (Å²) in [5, 5.41) is 10.5. The van der Waals surface area contributed by atoms with Gasteiger partial charge in [-0.05, 0) is 17.7 Å². The summed E-state index contributed by atoms with van der Waals surface area (Å²) in [7, 11) is 0. The molecule has 0 aliphatic carbocycles. The fourth-order valence-electron chi connectivity index (χ4n) is 1.86. The third-order valence-corrected chi connectivity index (χ3v) is 2.95. The molecule has 0 amide bonds. The Labute approximate surface area is 124 Å². The number of halogens is 3. The molecule has 4 nitrogen and oxygen atoms in total. The second-order valence-electron chi connectivity index (χ2n) is 4.59. The highest BCUT2D eigenvalue weighted by molar-refractivity contribution is 5.36. The van der Waals surface area contributed by atoms with Crippen molar-refractivity contribution in [2.45, 2.75) is 18.7 Å². The van der Waals surface area contributed by atoms with E-state index in [-0.39, 0.29) is 17.9 Å². The van der Waals surface area contributed by atoms with Crippen LogP contribution in [0.3, 0.4) is 0 Å². The first kappa shape index (κ1) is 15.8. The van der Waals surface area contributed by atoms with Gasteiger partial charge in [-0.25, -0.2) is 0 Å². The van der Waals surface area contributed by atoms with Gasteiger partial charge in [-0.1, -0.05) is 30.3 Å². The first-order chi connectivity index (χ1) is 10.4. The molecule has 0 radical (unpaired) electrons. The van der Waals surface area contributed by atoms with E-state index in [2.05, 4.69) is 0 Å². The van der Waals surface area contributed by atoms with E-state index in [0.717, 1.165) is 24.3 Å². The molecule has 22 heavy (non-hydrogen) atoms. The van der Waals surface area contributed by atoms with Gasteiger partial charge in [0, 0.05) is 18.6 Å². The van der Waals surface area contributed by atoms with E-state index in [0.29, 0.717) is 5.56 Å². The first-order valence-electron chi connectivity index (χ1n) is 6.38. The van der Waals surface area contributed by atoms with Crippen LogP contribution in [-0.2, 0) is 6.42 Å². The van der Waals surface area contributed by atoms with Crippen LogP contribution in [0.25, 0.3) is 0 Å². The van der Waals surface area contributed by atoms with Crippen LogP contribution in [0.2, 0.25) is 0 Å². The van der Waals surface area contributed by atoms with E-state index >= 15 is 0 Å². The normalized spacial score (nSPS) is 12.7. The standard InChI is InChI=1S/C15H12F3NO3/c16-15(17,18)14(10-11-4-2-1-3-5-11)22-13-8-6-12(7-9-13)19(20)21/h1-9,14H,10H2. The molecule has 7 heteroatoms. The van der Waals surface area contributed by atoms with Crippen molar-refractivity contribution in [3.8, 4) is 5.75 Å². The van der Waals surface area contributed by atoms with Gasteiger partial charge in [0.15, 0.2) is 6.10 Å². The van der Waals surface area contributed by atoms with Gasteiger partial charge < -0.3 is 4.74 Å². The lowest BCUT2D eigenvalue weighted by molar-refractivity contribution is -0.384. The summed E-state index contributed by atoms with van der Waals surface area (Å²) in [4.78, 5) is 9.89. The maximum Gasteiger partial charge on any atom is 0.425 e. The lowest BCUT2D eigenvalue weighted by Gasteiger charge is -2.22. The molecule has 0 aliphatic rings. The van der Waals surface area contributed by atoms with Crippen LogP contribution < -0.4 is 4.74 Å². The van der Waals surface area contributed by atoms with E-state index in [1.54, 1.807) is 30.3 Å².